The van der Waals surface area contributed by atoms with Crippen molar-refractivity contribution in [2.75, 3.05) is 7.11 Å². The van der Waals surface area contributed by atoms with Gasteiger partial charge in [0.2, 0.25) is 0 Å². The molecule has 0 saturated heterocycles. The molecule has 1 heteroatoms. The first-order valence-electron chi connectivity index (χ1n) is 12.4. The molecule has 0 spiro atoms. The van der Waals surface area contributed by atoms with Crippen LogP contribution in [0, 0.1) is 0 Å². The van der Waals surface area contributed by atoms with E-state index in [9.17, 15) is 0 Å². The summed E-state index contributed by atoms with van der Waals surface area (Å²) in [5.41, 5.74) is 9.74. The summed E-state index contributed by atoms with van der Waals surface area (Å²) in [6, 6.07) is 45.7. The van der Waals surface area contributed by atoms with Crippen LogP contribution >= 0.6 is 0 Å². The first kappa shape index (κ1) is 22.1. The van der Waals surface area contributed by atoms with Crippen LogP contribution in [0.25, 0.3) is 28.3 Å². The summed E-state index contributed by atoms with van der Waals surface area (Å²) in [5, 5.41) is 0. The molecule has 0 amide bonds. The van der Waals surface area contributed by atoms with Crippen molar-refractivity contribution in [2.45, 2.75) is 11.8 Å². The van der Waals surface area contributed by atoms with Crippen LogP contribution in [0.5, 0.6) is 5.75 Å². The number of hydrogen-bond donors (Lipinski definition) is 0. The molecule has 6 rings (SSSR count). The highest BCUT2D eigenvalue weighted by molar-refractivity contribution is 5.71. The van der Waals surface area contributed by atoms with Gasteiger partial charge in [0.25, 0.3) is 0 Å². The van der Waals surface area contributed by atoms with Crippen LogP contribution in [0.2, 0.25) is 0 Å². The van der Waals surface area contributed by atoms with Crippen LogP contribution in [0.3, 0.4) is 0 Å². The molecule has 0 unspecified atom stereocenters. The quantitative estimate of drug-likeness (QED) is 0.253. The van der Waals surface area contributed by atoms with Gasteiger partial charge in [0.15, 0.2) is 0 Å². The molecule has 0 radical (unpaired) electrons. The number of benzene rings is 5. The van der Waals surface area contributed by atoms with E-state index >= 15 is 0 Å². The zero-order valence-electron chi connectivity index (χ0n) is 20.4. The maximum Gasteiger partial charge on any atom is 0.126 e. The minimum absolute atomic E-state index is 0.260. The summed E-state index contributed by atoms with van der Waals surface area (Å²) in [7, 11) is 1.75. The fourth-order valence-electron chi connectivity index (χ4n) is 5.44. The van der Waals surface area contributed by atoms with Crippen LogP contribution in [0.1, 0.15) is 22.3 Å². The van der Waals surface area contributed by atoms with Gasteiger partial charge in [-0.15, -0.1) is 0 Å². The van der Waals surface area contributed by atoms with E-state index in [1.54, 1.807) is 7.11 Å². The SMILES string of the molecule is COc1cccc2c1C=CC(c1ccc(-c3ccccc3)cc1)(c1ccc(-c3ccccc3)cc1)C2. The Morgan fingerprint density at radius 2 is 1.03 bits per heavy atom. The van der Waals surface area contributed by atoms with Crippen LogP contribution in [0.15, 0.2) is 133 Å². The molecular weight excluding hydrogens is 436 g/mol. The van der Waals surface area contributed by atoms with Crippen molar-refractivity contribution in [3.8, 4) is 28.0 Å². The zero-order valence-corrected chi connectivity index (χ0v) is 20.4. The molecule has 1 aliphatic carbocycles. The predicted octanol–water partition coefficient (Wildman–Crippen LogP) is 8.58. The molecule has 0 aromatic heterocycles. The Morgan fingerprint density at radius 1 is 0.528 bits per heavy atom. The van der Waals surface area contributed by atoms with E-state index in [0.717, 1.165) is 12.2 Å². The first-order valence-corrected chi connectivity index (χ1v) is 12.4. The van der Waals surface area contributed by atoms with Crippen molar-refractivity contribution < 1.29 is 4.74 Å². The van der Waals surface area contributed by atoms with E-state index in [0.29, 0.717) is 0 Å². The smallest absolute Gasteiger partial charge is 0.126 e. The molecule has 5 aromatic carbocycles. The van der Waals surface area contributed by atoms with Crippen LogP contribution in [-0.2, 0) is 11.8 Å². The Labute approximate surface area is 213 Å². The zero-order chi connectivity index (χ0) is 24.4. The molecule has 0 saturated carbocycles. The van der Waals surface area contributed by atoms with Gasteiger partial charge >= 0.3 is 0 Å². The maximum absolute atomic E-state index is 5.67. The van der Waals surface area contributed by atoms with Gasteiger partial charge in [0.1, 0.15) is 5.75 Å². The molecule has 0 N–H and O–H groups in total. The molecule has 0 heterocycles. The fourth-order valence-corrected chi connectivity index (χ4v) is 5.44. The minimum Gasteiger partial charge on any atom is -0.496 e. The van der Waals surface area contributed by atoms with Crippen LogP contribution in [-0.4, -0.2) is 7.11 Å². The number of rotatable bonds is 5. The van der Waals surface area contributed by atoms with E-state index in [2.05, 4.69) is 133 Å². The molecular formula is C35H28O. The molecule has 1 nitrogen and oxygen atoms in total. The monoisotopic (exact) mass is 464 g/mol. The van der Waals surface area contributed by atoms with E-state index in [1.807, 2.05) is 6.07 Å². The fraction of sp³-hybridized carbons (Fsp3) is 0.0857. The van der Waals surface area contributed by atoms with Gasteiger partial charge in [-0.1, -0.05) is 133 Å². The summed E-state index contributed by atoms with van der Waals surface area (Å²) in [4.78, 5) is 0. The lowest BCUT2D eigenvalue weighted by atomic mass is 9.67. The van der Waals surface area contributed by atoms with E-state index < -0.39 is 0 Å². The van der Waals surface area contributed by atoms with Crippen LogP contribution in [0.4, 0.5) is 0 Å². The average molecular weight is 465 g/mol. The normalized spacial score (nSPS) is 13.7. The highest BCUT2D eigenvalue weighted by Crippen LogP contribution is 2.44. The molecule has 0 atom stereocenters. The molecule has 36 heavy (non-hydrogen) atoms. The Hall–Kier alpha value is -4.36. The predicted molar refractivity (Wildman–Crippen MR) is 150 cm³/mol. The van der Waals surface area contributed by atoms with Crippen molar-refractivity contribution in [1.29, 1.82) is 0 Å². The Balaban J connectivity index is 1.46. The molecule has 174 valence electrons. The summed E-state index contributed by atoms with van der Waals surface area (Å²) < 4.78 is 5.67. The molecule has 5 aromatic rings. The van der Waals surface area contributed by atoms with Gasteiger partial charge in [-0.25, -0.2) is 0 Å². The van der Waals surface area contributed by atoms with Crippen molar-refractivity contribution in [3.05, 3.63) is 156 Å². The van der Waals surface area contributed by atoms with E-state index in [4.69, 9.17) is 4.74 Å². The molecule has 0 bridgehead atoms. The molecule has 1 aliphatic rings. The second-order valence-corrected chi connectivity index (χ2v) is 9.40. The third-order valence-electron chi connectivity index (χ3n) is 7.39. The maximum atomic E-state index is 5.67. The highest BCUT2D eigenvalue weighted by atomic mass is 16.5. The van der Waals surface area contributed by atoms with E-state index in [1.165, 1.54) is 44.5 Å². The number of methoxy groups -OCH3 is 1. The summed E-state index contributed by atoms with van der Waals surface area (Å²) in [6.07, 6.45) is 5.49. The van der Waals surface area contributed by atoms with Gasteiger partial charge in [-0.05, 0) is 51.4 Å². The van der Waals surface area contributed by atoms with Crippen LogP contribution < -0.4 is 4.74 Å². The Kier molecular flexibility index (Phi) is 5.75. The van der Waals surface area contributed by atoms with Crippen molar-refractivity contribution in [2.24, 2.45) is 0 Å². The average Bonchev–Trinajstić information content (AvgIpc) is 2.97. The summed E-state index contributed by atoms with van der Waals surface area (Å²) >= 11 is 0. The van der Waals surface area contributed by atoms with E-state index in [-0.39, 0.29) is 5.41 Å². The molecule has 0 fully saturated rings. The highest BCUT2D eigenvalue weighted by Gasteiger charge is 2.35. The van der Waals surface area contributed by atoms with Gasteiger partial charge in [-0.2, -0.15) is 0 Å². The van der Waals surface area contributed by atoms with Gasteiger partial charge in [0, 0.05) is 11.0 Å². The van der Waals surface area contributed by atoms with Gasteiger partial charge < -0.3 is 4.74 Å². The largest absolute Gasteiger partial charge is 0.496 e. The minimum atomic E-state index is -0.260. The van der Waals surface area contributed by atoms with Gasteiger partial charge in [-0.3, -0.25) is 0 Å². The number of allylic oxidation sites excluding steroid dienone is 1. The Morgan fingerprint density at radius 3 is 1.53 bits per heavy atom. The lowest BCUT2D eigenvalue weighted by Gasteiger charge is -2.36. The summed E-state index contributed by atoms with van der Waals surface area (Å²) in [6.45, 7) is 0. The standard InChI is InChI=1S/C35H28O/c1-36-34-14-8-13-30-25-35(24-23-33(30)34,31-19-15-28(16-20-31)26-9-4-2-5-10-26)32-21-17-29(18-22-32)27-11-6-3-7-12-27/h2-24H,25H2,1H3. The summed E-state index contributed by atoms with van der Waals surface area (Å²) in [5.74, 6) is 0.927. The lowest BCUT2D eigenvalue weighted by Crippen LogP contribution is -2.30. The van der Waals surface area contributed by atoms with Crippen molar-refractivity contribution in [3.63, 3.8) is 0 Å². The topological polar surface area (TPSA) is 9.23 Å². The van der Waals surface area contributed by atoms with Crippen molar-refractivity contribution in [1.82, 2.24) is 0 Å². The third kappa shape index (κ3) is 3.93. The lowest BCUT2D eigenvalue weighted by molar-refractivity contribution is 0.412. The second kappa shape index (κ2) is 9.36. The second-order valence-electron chi connectivity index (χ2n) is 9.40. The number of ether oxygens (including phenoxy) is 1. The Bertz CT molecular complexity index is 1410. The molecule has 0 aliphatic heterocycles. The number of fused-ring (bicyclic) bond motifs is 1. The van der Waals surface area contributed by atoms with Gasteiger partial charge in [0.05, 0.1) is 7.11 Å². The number of hydrogen-bond acceptors (Lipinski definition) is 1. The van der Waals surface area contributed by atoms with Crippen molar-refractivity contribution >= 4 is 6.08 Å². The third-order valence-corrected chi connectivity index (χ3v) is 7.39. The first-order chi connectivity index (χ1) is 17.8.